The molecule has 0 bridgehead atoms. The molecule has 1 aromatic rings. The molecule has 14 heavy (non-hydrogen) atoms. The molecule has 1 atom stereocenters. The molecule has 4 N–H and O–H groups in total. The highest BCUT2D eigenvalue weighted by Crippen LogP contribution is 1.95. The first-order valence-corrected chi connectivity index (χ1v) is 3.56. The molecular weight excluding hydrogens is 188 g/mol. The molecule has 8 nitrogen and oxygen atoms in total. The fraction of sp³-hybridized carbons (Fsp3) is 0.333. The fourth-order valence-corrected chi connectivity index (χ4v) is 0.715. The van der Waals surface area contributed by atoms with Crippen LogP contribution in [0.4, 0.5) is 0 Å². The fourth-order valence-electron chi connectivity index (χ4n) is 0.715. The molecule has 1 aromatic heterocycles. The molecule has 0 saturated carbocycles. The average molecular weight is 197 g/mol. The van der Waals surface area contributed by atoms with E-state index in [9.17, 15) is 4.79 Å². The van der Waals surface area contributed by atoms with Crippen LogP contribution < -0.4 is 5.73 Å². The number of aromatic amines is 1. The number of nitrogens with zero attached hydrogens (tertiary/aromatic N) is 4. The molecule has 76 valence electrons. The molecule has 0 spiro atoms. The van der Waals surface area contributed by atoms with Gasteiger partial charge in [-0.3, -0.25) is 9.71 Å². The van der Waals surface area contributed by atoms with Crippen LogP contribution in [0.5, 0.6) is 0 Å². The zero-order chi connectivity index (χ0) is 11.0. The molecule has 0 amide bonds. The van der Waals surface area contributed by atoms with E-state index in [0.717, 1.165) is 0 Å². The van der Waals surface area contributed by atoms with Gasteiger partial charge in [0.15, 0.2) is 0 Å². The number of carbonyl (C=O) groups is 1. The summed E-state index contributed by atoms with van der Waals surface area (Å²) in [6, 6.07) is -0.863. The van der Waals surface area contributed by atoms with Crippen molar-refractivity contribution in [2.45, 2.75) is 12.5 Å². The van der Waals surface area contributed by atoms with Gasteiger partial charge in [-0.25, -0.2) is 4.98 Å². The Morgan fingerprint density at radius 3 is 2.71 bits per heavy atom. The van der Waals surface area contributed by atoms with Gasteiger partial charge in [0.2, 0.25) is 0 Å². The number of H-pyrrole nitrogens is 1. The summed E-state index contributed by atoms with van der Waals surface area (Å²) < 4.78 is 0. The van der Waals surface area contributed by atoms with Gasteiger partial charge in [-0.15, -0.1) is 0 Å². The second-order valence-corrected chi connectivity index (χ2v) is 2.30. The van der Waals surface area contributed by atoms with Crippen LogP contribution in [-0.2, 0) is 11.2 Å². The van der Waals surface area contributed by atoms with Crippen LogP contribution >= 0.6 is 0 Å². The lowest BCUT2D eigenvalue weighted by Crippen LogP contribution is -2.32. The summed E-state index contributed by atoms with van der Waals surface area (Å²) in [7, 11) is 0. The van der Waals surface area contributed by atoms with Crippen molar-refractivity contribution in [2.24, 2.45) is 5.73 Å². The van der Waals surface area contributed by atoms with Gasteiger partial charge in [-0.1, -0.05) is 0 Å². The maximum atomic E-state index is 10.3. The van der Waals surface area contributed by atoms with E-state index in [1.807, 2.05) is 0 Å². The lowest BCUT2D eigenvalue weighted by Gasteiger charge is -2.01. The number of imidazole rings is 1. The highest BCUT2D eigenvalue weighted by molar-refractivity contribution is 5.73. The Morgan fingerprint density at radius 1 is 1.79 bits per heavy atom. The van der Waals surface area contributed by atoms with E-state index in [1.165, 1.54) is 11.2 Å². The minimum Gasteiger partial charge on any atom is -0.480 e. The zero-order valence-corrected chi connectivity index (χ0v) is 7.16. The summed E-state index contributed by atoms with van der Waals surface area (Å²) in [5.41, 5.74) is 19.4. The SMILES string of the molecule is N[C@@H](Cc1c[nH]cn1)C(=O)O.[N-]=[N+]=[N-]. The first-order chi connectivity index (χ1) is 6.61. The first kappa shape index (κ1) is 11.9. The van der Waals surface area contributed by atoms with Gasteiger partial charge in [0.25, 0.3) is 0 Å². The largest absolute Gasteiger partial charge is 0.480 e. The van der Waals surface area contributed by atoms with E-state index in [-0.39, 0.29) is 6.42 Å². The van der Waals surface area contributed by atoms with Gasteiger partial charge in [0.1, 0.15) is 6.04 Å². The summed E-state index contributed by atoms with van der Waals surface area (Å²) in [5.74, 6) is -1.01. The molecule has 0 unspecified atom stereocenters. The molecular formula is C6H9N6O2-. The van der Waals surface area contributed by atoms with E-state index < -0.39 is 12.0 Å². The van der Waals surface area contributed by atoms with Crippen molar-refractivity contribution in [1.82, 2.24) is 9.97 Å². The smallest absolute Gasteiger partial charge is 0.320 e. The number of aromatic nitrogens is 2. The van der Waals surface area contributed by atoms with Crippen LogP contribution in [0.25, 0.3) is 16.0 Å². The Labute approximate surface area is 79.2 Å². The number of carboxylic acids is 1. The Balaban J connectivity index is 0.000000500. The maximum absolute atomic E-state index is 10.3. The Morgan fingerprint density at radius 2 is 2.36 bits per heavy atom. The molecule has 0 aliphatic heterocycles. The van der Waals surface area contributed by atoms with E-state index in [1.54, 1.807) is 6.20 Å². The predicted molar refractivity (Wildman–Crippen MR) is 48.0 cm³/mol. The number of rotatable bonds is 3. The molecule has 0 aliphatic carbocycles. The zero-order valence-electron chi connectivity index (χ0n) is 7.16. The van der Waals surface area contributed by atoms with E-state index in [4.69, 9.17) is 21.9 Å². The first-order valence-electron chi connectivity index (χ1n) is 3.56. The third kappa shape index (κ3) is 4.75. The predicted octanol–water partition coefficient (Wildman–Crippen LogP) is 0.230. The lowest BCUT2D eigenvalue weighted by molar-refractivity contribution is -0.138. The Bertz CT molecular complexity index is 302. The van der Waals surface area contributed by atoms with Crippen molar-refractivity contribution >= 4 is 5.97 Å². The average Bonchev–Trinajstić information content (AvgIpc) is 2.58. The summed E-state index contributed by atoms with van der Waals surface area (Å²) >= 11 is 0. The molecule has 0 fully saturated rings. The molecule has 1 heterocycles. The Kier molecular flexibility index (Phi) is 5.52. The normalized spacial score (nSPS) is 10.6. The van der Waals surface area contributed by atoms with Crippen molar-refractivity contribution in [3.05, 3.63) is 34.2 Å². The maximum Gasteiger partial charge on any atom is 0.320 e. The number of hydrogen-bond donors (Lipinski definition) is 3. The van der Waals surface area contributed by atoms with Gasteiger partial charge in [0.05, 0.1) is 12.0 Å². The van der Waals surface area contributed by atoms with Crippen LogP contribution in [0.1, 0.15) is 5.69 Å². The van der Waals surface area contributed by atoms with Gasteiger partial charge >= 0.3 is 5.97 Å². The van der Waals surface area contributed by atoms with Gasteiger partial charge < -0.3 is 26.9 Å². The number of nitrogens with one attached hydrogen (secondary N) is 1. The summed E-state index contributed by atoms with van der Waals surface area (Å²) in [4.78, 5) is 18.3. The Hall–Kier alpha value is -2.05. The summed E-state index contributed by atoms with van der Waals surface area (Å²) in [5, 5.41) is 8.42. The van der Waals surface area contributed by atoms with E-state index >= 15 is 0 Å². The monoisotopic (exact) mass is 197 g/mol. The van der Waals surface area contributed by atoms with Gasteiger partial charge in [0, 0.05) is 12.6 Å². The van der Waals surface area contributed by atoms with Crippen LogP contribution in [-0.4, -0.2) is 27.1 Å². The lowest BCUT2D eigenvalue weighted by atomic mass is 10.2. The second-order valence-electron chi connectivity index (χ2n) is 2.30. The molecule has 0 aliphatic rings. The molecule has 0 aromatic carbocycles. The standard InChI is InChI=1S/C6H9N3O2.N3/c7-5(6(10)11)1-4-2-8-3-9-4;1-3-2/h2-3,5H,1,7H2,(H,8,9)(H,10,11);/q;-1/t5-;/m0./s1. The number of hydrogen-bond acceptors (Lipinski definition) is 3. The van der Waals surface area contributed by atoms with Crippen molar-refractivity contribution < 1.29 is 9.90 Å². The van der Waals surface area contributed by atoms with Crippen molar-refractivity contribution in [3.8, 4) is 0 Å². The topological polar surface area (TPSA) is 151 Å². The van der Waals surface area contributed by atoms with E-state index in [2.05, 4.69) is 9.97 Å². The second kappa shape index (κ2) is 6.46. The van der Waals surface area contributed by atoms with Crippen molar-refractivity contribution in [2.75, 3.05) is 0 Å². The van der Waals surface area contributed by atoms with Gasteiger partial charge in [-0.2, -0.15) is 0 Å². The molecule has 0 saturated heterocycles. The quantitative estimate of drug-likeness (QED) is 0.360. The minimum absolute atomic E-state index is 0.263. The van der Waals surface area contributed by atoms with Crippen LogP contribution in [0.3, 0.4) is 0 Å². The van der Waals surface area contributed by atoms with Gasteiger partial charge in [-0.05, 0) is 0 Å². The van der Waals surface area contributed by atoms with Crippen LogP contribution in [0, 0.1) is 0 Å². The minimum atomic E-state index is -1.01. The highest BCUT2D eigenvalue weighted by Gasteiger charge is 2.12. The molecule has 1 rings (SSSR count). The molecule has 0 radical (unpaired) electrons. The number of aliphatic carboxylic acids is 1. The van der Waals surface area contributed by atoms with Crippen molar-refractivity contribution in [3.63, 3.8) is 0 Å². The number of carboxylic acid groups (broad SMARTS) is 1. The number of nitrogens with two attached hydrogens (primary N) is 1. The van der Waals surface area contributed by atoms with E-state index in [0.29, 0.717) is 5.69 Å². The molecule has 8 heteroatoms. The highest BCUT2D eigenvalue weighted by atomic mass is 16.4. The summed E-state index contributed by atoms with van der Waals surface area (Å²) in [6.45, 7) is 0. The van der Waals surface area contributed by atoms with Crippen LogP contribution in [0.2, 0.25) is 0 Å². The van der Waals surface area contributed by atoms with Crippen molar-refractivity contribution in [1.29, 1.82) is 0 Å². The third-order valence-corrected chi connectivity index (χ3v) is 1.30. The van der Waals surface area contributed by atoms with Crippen LogP contribution in [0.15, 0.2) is 12.5 Å². The summed E-state index contributed by atoms with van der Waals surface area (Å²) in [6.07, 6.45) is 3.38. The third-order valence-electron chi connectivity index (χ3n) is 1.30.